The number of fused-ring (bicyclic) bond motifs is 1. The van der Waals surface area contributed by atoms with E-state index in [1.54, 1.807) is 18.1 Å². The number of carbonyl (C=O) groups is 1. The van der Waals surface area contributed by atoms with Crippen LogP contribution in [0.2, 0.25) is 0 Å². The average molecular weight is 348 g/mol. The Hall–Kier alpha value is -2.08. The molecule has 3 rings (SSSR count). The molecule has 2 aromatic rings. The molecule has 0 aliphatic carbocycles. The van der Waals surface area contributed by atoms with Crippen LogP contribution in [-0.4, -0.2) is 49.0 Å². The van der Waals surface area contributed by atoms with Crippen LogP contribution in [0.1, 0.15) is 31.2 Å². The largest absolute Gasteiger partial charge is 0.450 e. The summed E-state index contributed by atoms with van der Waals surface area (Å²) in [7, 11) is 1.66. The highest BCUT2D eigenvalue weighted by Crippen LogP contribution is 2.35. The van der Waals surface area contributed by atoms with Crippen LogP contribution in [0.5, 0.6) is 0 Å². The van der Waals surface area contributed by atoms with Crippen molar-refractivity contribution < 1.29 is 18.7 Å². The minimum atomic E-state index is -0.231. The van der Waals surface area contributed by atoms with Crippen molar-refractivity contribution >= 4 is 17.0 Å². The molecule has 2 heterocycles. The number of methoxy groups -OCH3 is 1. The molecule has 0 saturated carbocycles. The van der Waals surface area contributed by atoms with Crippen molar-refractivity contribution in [3.8, 4) is 0 Å². The first-order valence-electron chi connectivity index (χ1n) is 8.83. The standard InChI is InChI=1S/C19H25FN2O3/c1-3-25-19(23)21-8-6-14(7-9-21)17-13-22(10-11-24-2)18-12-15(20)4-5-16(17)18/h4-5,12-14H,3,6-11H2,1-2H3. The van der Waals surface area contributed by atoms with Gasteiger partial charge in [0.15, 0.2) is 0 Å². The summed E-state index contributed by atoms with van der Waals surface area (Å²) in [5.41, 5.74) is 2.13. The van der Waals surface area contributed by atoms with Gasteiger partial charge in [0, 0.05) is 38.3 Å². The highest BCUT2D eigenvalue weighted by molar-refractivity contribution is 5.84. The van der Waals surface area contributed by atoms with Crippen LogP contribution in [0.25, 0.3) is 10.9 Å². The zero-order valence-electron chi connectivity index (χ0n) is 14.8. The molecule has 6 heteroatoms. The van der Waals surface area contributed by atoms with E-state index in [1.807, 2.05) is 13.0 Å². The van der Waals surface area contributed by atoms with E-state index in [-0.39, 0.29) is 11.9 Å². The first kappa shape index (κ1) is 17.7. The summed E-state index contributed by atoms with van der Waals surface area (Å²) in [5, 5.41) is 1.09. The minimum absolute atomic E-state index is 0.229. The lowest BCUT2D eigenvalue weighted by molar-refractivity contribution is 0.0971. The third-order valence-corrected chi connectivity index (χ3v) is 4.87. The van der Waals surface area contributed by atoms with E-state index in [4.69, 9.17) is 9.47 Å². The summed E-state index contributed by atoms with van der Waals surface area (Å²) >= 11 is 0. The summed E-state index contributed by atoms with van der Waals surface area (Å²) in [6.45, 7) is 4.88. The van der Waals surface area contributed by atoms with Gasteiger partial charge in [-0.3, -0.25) is 0 Å². The highest BCUT2D eigenvalue weighted by atomic mass is 19.1. The molecule has 1 aromatic heterocycles. The molecule has 0 unspecified atom stereocenters. The lowest BCUT2D eigenvalue weighted by Crippen LogP contribution is -2.38. The Morgan fingerprint density at radius 2 is 2.08 bits per heavy atom. The fourth-order valence-electron chi connectivity index (χ4n) is 3.58. The van der Waals surface area contributed by atoms with Gasteiger partial charge in [-0.05, 0) is 49.4 Å². The van der Waals surface area contributed by atoms with Crippen LogP contribution in [0.4, 0.5) is 9.18 Å². The smallest absolute Gasteiger partial charge is 0.409 e. The summed E-state index contributed by atoms with van der Waals surface area (Å²) in [4.78, 5) is 13.6. The van der Waals surface area contributed by atoms with Gasteiger partial charge in [0.05, 0.1) is 18.7 Å². The maximum Gasteiger partial charge on any atom is 0.409 e. The van der Waals surface area contributed by atoms with E-state index in [0.29, 0.717) is 38.8 Å². The zero-order chi connectivity index (χ0) is 17.8. The Bertz CT molecular complexity index is 736. The van der Waals surface area contributed by atoms with Crippen molar-refractivity contribution in [2.45, 2.75) is 32.2 Å². The van der Waals surface area contributed by atoms with E-state index in [1.165, 1.54) is 11.6 Å². The quantitative estimate of drug-likeness (QED) is 0.826. The number of carbonyl (C=O) groups excluding carboxylic acids is 1. The van der Waals surface area contributed by atoms with Crippen LogP contribution in [0.3, 0.4) is 0 Å². The third kappa shape index (κ3) is 3.79. The Kier molecular flexibility index (Phi) is 5.58. The van der Waals surface area contributed by atoms with Gasteiger partial charge in [-0.1, -0.05) is 0 Å². The van der Waals surface area contributed by atoms with Gasteiger partial charge in [-0.15, -0.1) is 0 Å². The number of nitrogens with zero attached hydrogens (tertiary/aromatic N) is 2. The Labute approximate surface area is 147 Å². The number of hydrogen-bond acceptors (Lipinski definition) is 3. The van der Waals surface area contributed by atoms with Crippen LogP contribution in [0, 0.1) is 5.82 Å². The number of halogens is 1. The van der Waals surface area contributed by atoms with E-state index in [9.17, 15) is 9.18 Å². The van der Waals surface area contributed by atoms with Crippen LogP contribution in [-0.2, 0) is 16.0 Å². The molecule has 1 aliphatic heterocycles. The number of amides is 1. The maximum absolute atomic E-state index is 13.7. The predicted octanol–water partition coefficient (Wildman–Crippen LogP) is 3.76. The molecular formula is C19H25FN2O3. The topological polar surface area (TPSA) is 43.7 Å². The number of aromatic nitrogens is 1. The van der Waals surface area contributed by atoms with Crippen molar-refractivity contribution in [3.05, 3.63) is 35.8 Å². The second kappa shape index (κ2) is 7.87. The van der Waals surface area contributed by atoms with Crippen molar-refractivity contribution in [3.63, 3.8) is 0 Å². The Balaban J connectivity index is 1.81. The van der Waals surface area contributed by atoms with E-state index >= 15 is 0 Å². The van der Waals surface area contributed by atoms with Gasteiger partial charge in [0.1, 0.15) is 5.82 Å². The first-order chi connectivity index (χ1) is 12.1. The Morgan fingerprint density at radius 1 is 1.32 bits per heavy atom. The second-order valence-corrected chi connectivity index (χ2v) is 6.39. The third-order valence-electron chi connectivity index (χ3n) is 4.87. The van der Waals surface area contributed by atoms with Crippen molar-refractivity contribution in [1.29, 1.82) is 0 Å². The van der Waals surface area contributed by atoms with Crippen molar-refractivity contribution in [2.24, 2.45) is 0 Å². The number of ether oxygens (including phenoxy) is 2. The fraction of sp³-hybridized carbons (Fsp3) is 0.526. The Morgan fingerprint density at radius 3 is 2.76 bits per heavy atom. The molecule has 25 heavy (non-hydrogen) atoms. The van der Waals surface area contributed by atoms with Gasteiger partial charge in [-0.25, -0.2) is 9.18 Å². The molecule has 5 nitrogen and oxygen atoms in total. The molecule has 1 saturated heterocycles. The van der Waals surface area contributed by atoms with E-state index in [2.05, 4.69) is 10.8 Å². The van der Waals surface area contributed by atoms with Gasteiger partial charge >= 0.3 is 6.09 Å². The van der Waals surface area contributed by atoms with E-state index in [0.717, 1.165) is 23.7 Å². The average Bonchev–Trinajstić information content (AvgIpc) is 2.98. The first-order valence-corrected chi connectivity index (χ1v) is 8.83. The summed E-state index contributed by atoms with van der Waals surface area (Å²) in [6, 6.07) is 4.96. The van der Waals surface area contributed by atoms with Gasteiger partial charge in [-0.2, -0.15) is 0 Å². The lowest BCUT2D eigenvalue weighted by atomic mass is 9.89. The molecular weight excluding hydrogens is 323 g/mol. The lowest BCUT2D eigenvalue weighted by Gasteiger charge is -2.31. The molecule has 0 N–H and O–H groups in total. The second-order valence-electron chi connectivity index (χ2n) is 6.39. The number of likely N-dealkylation sites (tertiary alicyclic amines) is 1. The molecule has 1 aromatic carbocycles. The van der Waals surface area contributed by atoms with Gasteiger partial charge in [0.25, 0.3) is 0 Å². The summed E-state index contributed by atoms with van der Waals surface area (Å²) in [5.74, 6) is 0.135. The zero-order valence-corrected chi connectivity index (χ0v) is 14.8. The van der Waals surface area contributed by atoms with Gasteiger partial charge < -0.3 is 18.9 Å². The van der Waals surface area contributed by atoms with Crippen LogP contribution >= 0.6 is 0 Å². The van der Waals surface area contributed by atoms with E-state index < -0.39 is 0 Å². The number of rotatable bonds is 5. The van der Waals surface area contributed by atoms with Crippen LogP contribution < -0.4 is 0 Å². The normalized spacial score (nSPS) is 15.7. The molecule has 0 spiro atoms. The SMILES string of the molecule is CCOC(=O)N1CCC(c2cn(CCOC)c3cc(F)ccc23)CC1. The molecule has 1 amide bonds. The van der Waals surface area contributed by atoms with Crippen molar-refractivity contribution in [2.75, 3.05) is 33.4 Å². The summed E-state index contributed by atoms with van der Waals surface area (Å²) in [6.07, 6.45) is 3.66. The number of piperidine rings is 1. The molecule has 0 atom stereocenters. The molecule has 0 bridgehead atoms. The predicted molar refractivity (Wildman–Crippen MR) is 94.3 cm³/mol. The highest BCUT2D eigenvalue weighted by Gasteiger charge is 2.26. The molecule has 1 fully saturated rings. The number of hydrogen-bond donors (Lipinski definition) is 0. The number of benzene rings is 1. The monoisotopic (exact) mass is 348 g/mol. The van der Waals surface area contributed by atoms with Crippen molar-refractivity contribution in [1.82, 2.24) is 9.47 Å². The van der Waals surface area contributed by atoms with Gasteiger partial charge in [0.2, 0.25) is 0 Å². The fourth-order valence-corrected chi connectivity index (χ4v) is 3.58. The molecule has 1 aliphatic rings. The molecule has 136 valence electrons. The maximum atomic E-state index is 13.7. The molecule has 0 radical (unpaired) electrons. The minimum Gasteiger partial charge on any atom is -0.450 e. The van der Waals surface area contributed by atoms with Crippen LogP contribution in [0.15, 0.2) is 24.4 Å². The summed E-state index contributed by atoms with van der Waals surface area (Å²) < 4.78 is 26.0.